The second-order valence-corrected chi connectivity index (χ2v) is 5.88. The van der Waals surface area contributed by atoms with Crippen LogP contribution < -0.4 is 10.2 Å². The van der Waals surface area contributed by atoms with E-state index in [1.54, 1.807) is 11.1 Å². The van der Waals surface area contributed by atoms with E-state index in [0.717, 1.165) is 25.6 Å². The first-order chi connectivity index (χ1) is 8.84. The minimum absolute atomic E-state index is 0.743. The minimum atomic E-state index is 0.743. The van der Waals surface area contributed by atoms with E-state index in [4.69, 9.17) is 0 Å². The molecule has 1 atom stereocenters. The van der Waals surface area contributed by atoms with Crippen LogP contribution in [0, 0.1) is 5.92 Å². The second-order valence-electron chi connectivity index (χ2n) is 5.88. The molecule has 2 heteroatoms. The number of fused-ring (bicyclic) bond motifs is 1. The number of aryl methyl sites for hydroxylation is 1. The zero-order chi connectivity index (χ0) is 12.4. The predicted octanol–water partition coefficient (Wildman–Crippen LogP) is 2.61. The molecule has 18 heavy (non-hydrogen) atoms. The number of rotatable bonds is 1. The molecule has 0 amide bonds. The van der Waals surface area contributed by atoms with E-state index >= 15 is 0 Å². The largest absolute Gasteiger partial charge is 0.370 e. The van der Waals surface area contributed by atoms with Gasteiger partial charge in [0.1, 0.15) is 0 Å². The standard InChI is InChI=1S/C16H24N2/c1-13-11-17-9-10-18(12-13)16-8-4-6-14-5-2-3-7-15(14)16/h4,6,8,13,17H,2-3,5,7,9-12H2,1H3. The summed E-state index contributed by atoms with van der Waals surface area (Å²) < 4.78 is 0. The Hall–Kier alpha value is -1.02. The van der Waals surface area contributed by atoms with Gasteiger partial charge in [-0.05, 0) is 55.3 Å². The van der Waals surface area contributed by atoms with Crippen molar-refractivity contribution in [1.29, 1.82) is 0 Å². The monoisotopic (exact) mass is 244 g/mol. The quantitative estimate of drug-likeness (QED) is 0.817. The van der Waals surface area contributed by atoms with Gasteiger partial charge in [-0.3, -0.25) is 0 Å². The van der Waals surface area contributed by atoms with E-state index in [2.05, 4.69) is 35.3 Å². The van der Waals surface area contributed by atoms with Crippen molar-refractivity contribution < 1.29 is 0 Å². The van der Waals surface area contributed by atoms with E-state index in [0.29, 0.717) is 0 Å². The average molecular weight is 244 g/mol. The first-order valence-electron chi connectivity index (χ1n) is 7.41. The number of anilines is 1. The lowest BCUT2D eigenvalue weighted by atomic mass is 9.90. The molecule has 98 valence electrons. The molecule has 0 radical (unpaired) electrons. The first kappa shape index (κ1) is 12.0. The zero-order valence-electron chi connectivity index (χ0n) is 11.4. The smallest absolute Gasteiger partial charge is 0.0402 e. The van der Waals surface area contributed by atoms with E-state index < -0.39 is 0 Å². The van der Waals surface area contributed by atoms with E-state index in [-0.39, 0.29) is 0 Å². The fourth-order valence-electron chi connectivity index (χ4n) is 3.37. The van der Waals surface area contributed by atoms with Crippen LogP contribution in [0.3, 0.4) is 0 Å². The molecule has 0 spiro atoms. The molecular weight excluding hydrogens is 220 g/mol. The van der Waals surface area contributed by atoms with Crippen molar-refractivity contribution >= 4 is 5.69 Å². The Morgan fingerprint density at radius 1 is 1.22 bits per heavy atom. The van der Waals surface area contributed by atoms with Crippen LogP contribution in [0.5, 0.6) is 0 Å². The van der Waals surface area contributed by atoms with Gasteiger partial charge in [0.05, 0.1) is 0 Å². The number of benzene rings is 1. The summed E-state index contributed by atoms with van der Waals surface area (Å²) in [5.41, 5.74) is 4.75. The van der Waals surface area contributed by atoms with E-state index in [1.165, 1.54) is 37.9 Å². The Bertz CT molecular complexity index is 414. The predicted molar refractivity (Wildman–Crippen MR) is 77.3 cm³/mol. The highest BCUT2D eigenvalue weighted by molar-refractivity contribution is 5.58. The number of nitrogens with zero attached hydrogens (tertiary/aromatic N) is 1. The van der Waals surface area contributed by atoms with Crippen LogP contribution in [0.4, 0.5) is 5.69 Å². The van der Waals surface area contributed by atoms with Gasteiger partial charge in [-0.1, -0.05) is 19.1 Å². The highest BCUT2D eigenvalue weighted by atomic mass is 15.2. The maximum Gasteiger partial charge on any atom is 0.0402 e. The van der Waals surface area contributed by atoms with Gasteiger partial charge in [-0.2, -0.15) is 0 Å². The van der Waals surface area contributed by atoms with Gasteiger partial charge in [0, 0.05) is 25.3 Å². The molecule has 1 unspecified atom stereocenters. The topological polar surface area (TPSA) is 15.3 Å². The molecule has 1 heterocycles. The van der Waals surface area contributed by atoms with Crippen LogP contribution in [0.1, 0.15) is 30.9 Å². The minimum Gasteiger partial charge on any atom is -0.370 e. The summed E-state index contributed by atoms with van der Waals surface area (Å²) in [5.74, 6) is 0.743. The van der Waals surface area contributed by atoms with E-state index in [9.17, 15) is 0 Å². The Labute approximate surface area is 110 Å². The SMILES string of the molecule is CC1CNCCN(c2cccc3c2CCCC3)C1. The van der Waals surface area contributed by atoms with Crippen molar-refractivity contribution in [1.82, 2.24) is 5.32 Å². The van der Waals surface area contributed by atoms with Crippen molar-refractivity contribution in [2.24, 2.45) is 5.92 Å². The molecule has 2 aliphatic rings. The molecule has 1 saturated heterocycles. The van der Waals surface area contributed by atoms with Crippen molar-refractivity contribution in [2.45, 2.75) is 32.6 Å². The van der Waals surface area contributed by atoms with Crippen molar-refractivity contribution in [3.8, 4) is 0 Å². The lowest BCUT2D eigenvalue weighted by Crippen LogP contribution is -2.30. The van der Waals surface area contributed by atoms with Crippen molar-refractivity contribution in [3.63, 3.8) is 0 Å². The fourth-order valence-corrected chi connectivity index (χ4v) is 3.37. The average Bonchev–Trinajstić information content (AvgIpc) is 2.63. The molecule has 1 aromatic rings. The highest BCUT2D eigenvalue weighted by Crippen LogP contribution is 2.31. The van der Waals surface area contributed by atoms with Crippen LogP contribution in [-0.4, -0.2) is 26.2 Å². The molecule has 3 rings (SSSR count). The van der Waals surface area contributed by atoms with Gasteiger partial charge in [0.25, 0.3) is 0 Å². The summed E-state index contributed by atoms with van der Waals surface area (Å²) in [6.45, 7) is 6.98. The molecule has 0 saturated carbocycles. The molecular formula is C16H24N2. The maximum atomic E-state index is 3.54. The summed E-state index contributed by atoms with van der Waals surface area (Å²) in [6.07, 6.45) is 5.30. The molecule has 1 aromatic carbocycles. The normalized spacial score (nSPS) is 24.5. The Kier molecular flexibility index (Phi) is 3.55. The van der Waals surface area contributed by atoms with Gasteiger partial charge in [0.15, 0.2) is 0 Å². The molecule has 0 aromatic heterocycles. The molecule has 0 bridgehead atoms. The van der Waals surface area contributed by atoms with Crippen LogP contribution >= 0.6 is 0 Å². The van der Waals surface area contributed by atoms with Gasteiger partial charge in [-0.15, -0.1) is 0 Å². The summed E-state index contributed by atoms with van der Waals surface area (Å²) in [7, 11) is 0. The van der Waals surface area contributed by atoms with Gasteiger partial charge >= 0.3 is 0 Å². The number of nitrogens with one attached hydrogen (secondary N) is 1. The zero-order valence-corrected chi connectivity index (χ0v) is 11.4. The van der Waals surface area contributed by atoms with Gasteiger partial charge < -0.3 is 10.2 Å². The third kappa shape index (κ3) is 2.39. The Morgan fingerprint density at radius 3 is 3.06 bits per heavy atom. The lowest BCUT2D eigenvalue weighted by molar-refractivity contribution is 0.563. The van der Waals surface area contributed by atoms with Gasteiger partial charge in [-0.25, -0.2) is 0 Å². The Balaban J connectivity index is 1.90. The molecule has 1 aliphatic heterocycles. The highest BCUT2D eigenvalue weighted by Gasteiger charge is 2.20. The fraction of sp³-hybridized carbons (Fsp3) is 0.625. The van der Waals surface area contributed by atoms with E-state index in [1.807, 2.05) is 0 Å². The third-order valence-electron chi connectivity index (χ3n) is 4.30. The van der Waals surface area contributed by atoms with Gasteiger partial charge in [0.2, 0.25) is 0 Å². The summed E-state index contributed by atoms with van der Waals surface area (Å²) >= 11 is 0. The molecule has 1 N–H and O–H groups in total. The first-order valence-corrected chi connectivity index (χ1v) is 7.41. The summed E-state index contributed by atoms with van der Waals surface area (Å²) in [4.78, 5) is 2.61. The van der Waals surface area contributed by atoms with Crippen molar-refractivity contribution in [3.05, 3.63) is 29.3 Å². The molecule has 1 aliphatic carbocycles. The third-order valence-corrected chi connectivity index (χ3v) is 4.30. The summed E-state index contributed by atoms with van der Waals surface area (Å²) in [6, 6.07) is 6.92. The summed E-state index contributed by atoms with van der Waals surface area (Å²) in [5, 5.41) is 3.54. The van der Waals surface area contributed by atoms with Crippen LogP contribution in [0.2, 0.25) is 0 Å². The number of hydrogen-bond donors (Lipinski definition) is 1. The van der Waals surface area contributed by atoms with Crippen LogP contribution in [0.15, 0.2) is 18.2 Å². The van der Waals surface area contributed by atoms with Crippen molar-refractivity contribution in [2.75, 3.05) is 31.1 Å². The lowest BCUT2D eigenvalue weighted by Gasteiger charge is -2.29. The number of hydrogen-bond acceptors (Lipinski definition) is 2. The second kappa shape index (κ2) is 5.31. The maximum absolute atomic E-state index is 3.54. The molecule has 1 fully saturated rings. The van der Waals surface area contributed by atoms with Crippen LogP contribution in [-0.2, 0) is 12.8 Å². The van der Waals surface area contributed by atoms with Crippen LogP contribution in [0.25, 0.3) is 0 Å². The molecule has 2 nitrogen and oxygen atoms in total. The Morgan fingerprint density at radius 2 is 2.11 bits per heavy atom.